The van der Waals surface area contributed by atoms with Crippen LogP contribution in [0.25, 0.3) is 0 Å². The van der Waals surface area contributed by atoms with Gasteiger partial charge in [0.2, 0.25) is 0 Å². The molecular formula is C15H15ClF3NO2. The molecule has 3 nitrogen and oxygen atoms in total. The molecular weight excluding hydrogens is 319 g/mol. The van der Waals surface area contributed by atoms with Crippen LogP contribution in [0.1, 0.15) is 41.6 Å². The van der Waals surface area contributed by atoms with Crippen molar-refractivity contribution in [2.24, 2.45) is 5.92 Å². The van der Waals surface area contributed by atoms with E-state index in [0.717, 1.165) is 24.5 Å². The molecule has 1 aliphatic carbocycles. The number of hydrogen-bond acceptors (Lipinski definition) is 2. The van der Waals surface area contributed by atoms with Crippen molar-refractivity contribution in [3.8, 4) is 0 Å². The molecule has 0 atom stereocenters. The molecule has 0 bridgehead atoms. The number of amides is 1. The second-order valence-electron chi connectivity index (χ2n) is 5.41. The first-order chi connectivity index (χ1) is 10.3. The largest absolute Gasteiger partial charge is 0.416 e. The van der Waals surface area contributed by atoms with E-state index in [9.17, 15) is 22.8 Å². The number of carbonyl (C=O) groups excluding carboxylic acids is 2. The van der Waals surface area contributed by atoms with Crippen LogP contribution in [0.15, 0.2) is 18.2 Å². The van der Waals surface area contributed by atoms with Crippen LogP contribution in [0.5, 0.6) is 0 Å². The Kier molecular flexibility index (Phi) is 5.11. The van der Waals surface area contributed by atoms with Gasteiger partial charge in [0.25, 0.3) is 5.91 Å². The molecule has 0 radical (unpaired) electrons. The average molecular weight is 334 g/mol. The fourth-order valence-corrected chi connectivity index (χ4v) is 2.74. The number of hydrogen-bond donors (Lipinski definition) is 1. The number of alkyl halides is 3. The van der Waals surface area contributed by atoms with Crippen LogP contribution in [0.2, 0.25) is 5.02 Å². The molecule has 0 aliphatic heterocycles. The first-order valence-corrected chi connectivity index (χ1v) is 7.32. The van der Waals surface area contributed by atoms with Gasteiger partial charge in [0.05, 0.1) is 16.1 Å². The van der Waals surface area contributed by atoms with Crippen molar-refractivity contribution in [3.63, 3.8) is 0 Å². The smallest absolute Gasteiger partial charge is 0.349 e. The molecule has 0 saturated heterocycles. The van der Waals surface area contributed by atoms with Gasteiger partial charge in [-0.1, -0.05) is 11.6 Å². The number of benzene rings is 1. The van der Waals surface area contributed by atoms with E-state index in [1.807, 2.05) is 0 Å². The van der Waals surface area contributed by atoms with E-state index in [1.165, 1.54) is 0 Å². The highest BCUT2D eigenvalue weighted by molar-refractivity contribution is 6.33. The molecule has 0 unspecified atom stereocenters. The fraction of sp³-hybridized carbons (Fsp3) is 0.467. The van der Waals surface area contributed by atoms with Crippen LogP contribution in [-0.4, -0.2) is 18.2 Å². The third-order valence-electron chi connectivity index (χ3n) is 3.84. The lowest BCUT2D eigenvalue weighted by atomic mass is 9.87. The second-order valence-corrected chi connectivity index (χ2v) is 5.82. The zero-order valence-corrected chi connectivity index (χ0v) is 12.4. The van der Waals surface area contributed by atoms with Crippen LogP contribution in [0.3, 0.4) is 0 Å². The number of nitrogens with one attached hydrogen (secondary N) is 1. The maximum Gasteiger partial charge on any atom is 0.416 e. The monoisotopic (exact) mass is 333 g/mol. The molecule has 22 heavy (non-hydrogen) atoms. The zero-order valence-electron chi connectivity index (χ0n) is 11.6. The SMILES string of the molecule is O=C[C@H]1CC[C@@H](NC(=O)c2cc(C(F)(F)F)ccc2Cl)CC1. The van der Waals surface area contributed by atoms with Gasteiger partial charge in [0, 0.05) is 12.0 Å². The molecule has 1 aromatic rings. The van der Waals surface area contributed by atoms with Gasteiger partial charge >= 0.3 is 6.18 Å². The van der Waals surface area contributed by atoms with Gasteiger partial charge in [-0.3, -0.25) is 4.79 Å². The van der Waals surface area contributed by atoms with Crippen LogP contribution in [0.4, 0.5) is 13.2 Å². The number of aldehydes is 1. The molecule has 0 spiro atoms. The minimum absolute atomic E-state index is 0.00490. The molecule has 2 rings (SSSR count). The third kappa shape index (κ3) is 4.00. The summed E-state index contributed by atoms with van der Waals surface area (Å²) in [5, 5.41) is 2.67. The van der Waals surface area contributed by atoms with Crippen molar-refractivity contribution in [2.45, 2.75) is 37.9 Å². The van der Waals surface area contributed by atoms with E-state index in [2.05, 4.69) is 5.32 Å². The van der Waals surface area contributed by atoms with Gasteiger partial charge in [-0.2, -0.15) is 13.2 Å². The van der Waals surface area contributed by atoms with E-state index >= 15 is 0 Å². The van der Waals surface area contributed by atoms with E-state index < -0.39 is 17.6 Å². The first-order valence-electron chi connectivity index (χ1n) is 6.94. The van der Waals surface area contributed by atoms with Gasteiger partial charge in [0.1, 0.15) is 6.29 Å². The highest BCUT2D eigenvalue weighted by Gasteiger charge is 2.32. The lowest BCUT2D eigenvalue weighted by Crippen LogP contribution is -2.38. The molecule has 7 heteroatoms. The summed E-state index contributed by atoms with van der Waals surface area (Å²) in [6.45, 7) is 0. The Morgan fingerprint density at radius 3 is 2.41 bits per heavy atom. The Bertz CT molecular complexity index is 566. The third-order valence-corrected chi connectivity index (χ3v) is 4.17. The summed E-state index contributed by atoms with van der Waals surface area (Å²) in [6, 6.07) is 2.53. The Morgan fingerprint density at radius 1 is 1.23 bits per heavy atom. The van der Waals surface area contributed by atoms with Crippen LogP contribution in [0, 0.1) is 5.92 Å². The lowest BCUT2D eigenvalue weighted by Gasteiger charge is -2.26. The van der Waals surface area contributed by atoms with Crippen LogP contribution < -0.4 is 5.32 Å². The highest BCUT2D eigenvalue weighted by atomic mass is 35.5. The molecule has 0 aromatic heterocycles. The Labute approximate surface area is 130 Å². The van der Waals surface area contributed by atoms with E-state index in [0.29, 0.717) is 25.7 Å². The topological polar surface area (TPSA) is 46.2 Å². The maximum absolute atomic E-state index is 12.7. The fourth-order valence-electron chi connectivity index (χ4n) is 2.54. The summed E-state index contributed by atoms with van der Waals surface area (Å²) in [6.07, 6.45) is -1.02. The highest BCUT2D eigenvalue weighted by Crippen LogP contribution is 2.32. The Morgan fingerprint density at radius 2 is 1.86 bits per heavy atom. The average Bonchev–Trinajstić information content (AvgIpc) is 2.47. The minimum atomic E-state index is -4.53. The summed E-state index contributed by atoms with van der Waals surface area (Å²) >= 11 is 5.83. The summed E-state index contributed by atoms with van der Waals surface area (Å²) < 4.78 is 38.1. The lowest BCUT2D eigenvalue weighted by molar-refractivity contribution is -0.137. The summed E-state index contributed by atoms with van der Waals surface area (Å²) in [5.41, 5.74) is -1.10. The maximum atomic E-state index is 12.7. The van der Waals surface area contributed by atoms with Crippen molar-refractivity contribution in [1.29, 1.82) is 0 Å². The van der Waals surface area contributed by atoms with Gasteiger partial charge in [-0.05, 0) is 43.9 Å². The van der Waals surface area contributed by atoms with Gasteiger partial charge in [0.15, 0.2) is 0 Å². The first kappa shape index (κ1) is 16.8. The van der Waals surface area contributed by atoms with Crippen molar-refractivity contribution < 1.29 is 22.8 Å². The van der Waals surface area contributed by atoms with Gasteiger partial charge in [-0.25, -0.2) is 0 Å². The summed E-state index contributed by atoms with van der Waals surface area (Å²) in [5.74, 6) is -0.615. The van der Waals surface area contributed by atoms with Crippen molar-refractivity contribution in [1.82, 2.24) is 5.32 Å². The van der Waals surface area contributed by atoms with E-state index in [-0.39, 0.29) is 22.5 Å². The van der Waals surface area contributed by atoms with Crippen LogP contribution in [-0.2, 0) is 11.0 Å². The molecule has 120 valence electrons. The normalized spacial score (nSPS) is 22.2. The van der Waals surface area contributed by atoms with Crippen LogP contribution >= 0.6 is 11.6 Å². The molecule has 1 aliphatic rings. The number of halogens is 4. The summed E-state index contributed by atoms with van der Waals surface area (Å²) in [4.78, 5) is 22.8. The second kappa shape index (κ2) is 6.69. The van der Waals surface area contributed by atoms with E-state index in [4.69, 9.17) is 11.6 Å². The molecule has 1 saturated carbocycles. The van der Waals surface area contributed by atoms with Crippen molar-refractivity contribution in [2.75, 3.05) is 0 Å². The quantitative estimate of drug-likeness (QED) is 0.854. The Balaban J connectivity index is 2.08. The zero-order chi connectivity index (χ0) is 16.3. The predicted octanol–water partition coefficient (Wildman–Crippen LogP) is 3.85. The van der Waals surface area contributed by atoms with Crippen molar-refractivity contribution >= 4 is 23.8 Å². The number of rotatable bonds is 3. The predicted molar refractivity (Wildman–Crippen MR) is 75.7 cm³/mol. The summed E-state index contributed by atoms with van der Waals surface area (Å²) in [7, 11) is 0. The van der Waals surface area contributed by atoms with Gasteiger partial charge < -0.3 is 10.1 Å². The molecule has 0 heterocycles. The standard InChI is InChI=1S/C15H15ClF3NO2/c16-13-6-3-10(15(17,18)19)7-12(13)14(22)20-11-4-1-9(8-21)2-5-11/h3,6-9,11H,1-2,4-5H2,(H,20,22)/t9-,11+. The molecule has 1 aromatic carbocycles. The van der Waals surface area contributed by atoms with E-state index in [1.54, 1.807) is 0 Å². The number of carbonyl (C=O) groups is 2. The molecule has 1 fully saturated rings. The molecule has 1 N–H and O–H groups in total. The van der Waals surface area contributed by atoms with Gasteiger partial charge in [-0.15, -0.1) is 0 Å². The molecule has 1 amide bonds. The van der Waals surface area contributed by atoms with Crippen molar-refractivity contribution in [3.05, 3.63) is 34.3 Å². The Hall–Kier alpha value is -1.56. The minimum Gasteiger partial charge on any atom is -0.349 e.